The van der Waals surface area contributed by atoms with Gasteiger partial charge in [0.2, 0.25) is 0 Å². The molecule has 32 heavy (non-hydrogen) atoms. The molecule has 0 bridgehead atoms. The molecule has 1 fully saturated rings. The number of nitrogens with zero attached hydrogens (tertiary/aromatic N) is 3. The normalized spacial score (nSPS) is 14.8. The zero-order valence-electron chi connectivity index (χ0n) is 19.6. The lowest BCUT2D eigenvalue weighted by Crippen LogP contribution is -2.49. The first-order chi connectivity index (χ1) is 15.2. The molecule has 3 rings (SSSR count). The van der Waals surface area contributed by atoms with Crippen molar-refractivity contribution in [1.29, 1.82) is 0 Å². The van der Waals surface area contributed by atoms with E-state index in [2.05, 4.69) is 36.0 Å². The second kappa shape index (κ2) is 10.6. The Hall–Kier alpha value is -2.93. The third-order valence-electron chi connectivity index (χ3n) is 5.44. The molecule has 1 aromatic carbocycles. The maximum absolute atomic E-state index is 12.5. The number of carbonyl (C=O) groups excluding carboxylic acids is 2. The highest BCUT2D eigenvalue weighted by molar-refractivity contribution is 5.94. The van der Waals surface area contributed by atoms with E-state index < -0.39 is 0 Å². The third kappa shape index (κ3) is 7.34. The largest absolute Gasteiger partial charge is 0.415 e. The lowest BCUT2D eigenvalue weighted by molar-refractivity contribution is 0.0949. The van der Waals surface area contributed by atoms with Crippen LogP contribution in [0.1, 0.15) is 48.9 Å². The molecule has 1 aromatic heterocycles. The summed E-state index contributed by atoms with van der Waals surface area (Å²) in [5.41, 5.74) is 2.78. The summed E-state index contributed by atoms with van der Waals surface area (Å²) in [6, 6.07) is 12.7. The first-order valence-electron chi connectivity index (χ1n) is 11.2. The van der Waals surface area contributed by atoms with E-state index >= 15 is 0 Å². The van der Waals surface area contributed by atoms with Crippen LogP contribution in [-0.2, 0) is 6.54 Å². The molecule has 0 spiro atoms. The van der Waals surface area contributed by atoms with Gasteiger partial charge in [0.15, 0.2) is 0 Å². The average molecular weight is 439 g/mol. The number of nitrogens with one attached hydrogen (secondary N) is 1. The Balaban J connectivity index is 1.43. The number of benzene rings is 1. The van der Waals surface area contributed by atoms with Crippen LogP contribution in [0.25, 0.3) is 0 Å². The molecular weight excluding hydrogens is 404 g/mol. The molecule has 1 aliphatic rings. The fourth-order valence-electron chi connectivity index (χ4n) is 3.50. The summed E-state index contributed by atoms with van der Waals surface area (Å²) in [5, 5.41) is 2.93. The Morgan fingerprint density at radius 1 is 1.03 bits per heavy atom. The van der Waals surface area contributed by atoms with E-state index in [1.54, 1.807) is 29.2 Å². The van der Waals surface area contributed by atoms with Crippen molar-refractivity contribution in [3.05, 3.63) is 59.4 Å². The number of hydrogen-bond acceptors (Lipinski definition) is 5. The molecule has 1 N–H and O–H groups in total. The van der Waals surface area contributed by atoms with Crippen LogP contribution in [0.5, 0.6) is 5.75 Å². The molecule has 2 aromatic rings. The number of pyridine rings is 1. The van der Waals surface area contributed by atoms with E-state index in [1.165, 1.54) is 0 Å². The molecular formula is C25H34N4O3. The van der Waals surface area contributed by atoms with Crippen molar-refractivity contribution in [3.8, 4) is 5.75 Å². The second-order valence-corrected chi connectivity index (χ2v) is 9.49. The Morgan fingerprint density at radius 2 is 1.72 bits per heavy atom. The quantitative estimate of drug-likeness (QED) is 0.741. The molecule has 7 heteroatoms. The molecule has 1 aliphatic heterocycles. The standard InChI is InChI=1S/C25H34N4O3/c1-19-6-5-7-21(27-19)18-28-14-16-29(17-15-28)24(31)32-22-10-8-20(9-11-22)23(30)26-13-12-25(2,3)4/h5-11H,12-18H2,1-4H3,(H,26,30). The number of amides is 2. The number of hydrogen-bond donors (Lipinski definition) is 1. The van der Waals surface area contributed by atoms with Gasteiger partial charge < -0.3 is 15.0 Å². The van der Waals surface area contributed by atoms with Gasteiger partial charge in [-0.05, 0) is 55.2 Å². The van der Waals surface area contributed by atoms with Crippen LogP contribution in [0.4, 0.5) is 4.79 Å². The number of carbonyl (C=O) groups is 2. The lowest BCUT2D eigenvalue weighted by atomic mass is 9.92. The van der Waals surface area contributed by atoms with Crippen LogP contribution in [0.3, 0.4) is 0 Å². The molecule has 2 heterocycles. The first-order valence-corrected chi connectivity index (χ1v) is 11.2. The van der Waals surface area contributed by atoms with Gasteiger partial charge in [-0.1, -0.05) is 26.8 Å². The van der Waals surface area contributed by atoms with Gasteiger partial charge in [-0.3, -0.25) is 14.7 Å². The zero-order valence-corrected chi connectivity index (χ0v) is 19.6. The molecule has 172 valence electrons. The van der Waals surface area contributed by atoms with Gasteiger partial charge in [0.1, 0.15) is 5.75 Å². The Labute approximate surface area is 190 Å². The molecule has 7 nitrogen and oxygen atoms in total. The second-order valence-electron chi connectivity index (χ2n) is 9.49. The van der Waals surface area contributed by atoms with Crippen molar-refractivity contribution in [2.75, 3.05) is 32.7 Å². The van der Waals surface area contributed by atoms with Crippen molar-refractivity contribution in [1.82, 2.24) is 20.1 Å². The summed E-state index contributed by atoms with van der Waals surface area (Å²) < 4.78 is 5.51. The highest BCUT2D eigenvalue weighted by Gasteiger charge is 2.23. The van der Waals surface area contributed by atoms with Crippen LogP contribution < -0.4 is 10.1 Å². The van der Waals surface area contributed by atoms with Gasteiger partial charge in [-0.25, -0.2) is 4.79 Å². The van der Waals surface area contributed by atoms with Crippen molar-refractivity contribution < 1.29 is 14.3 Å². The molecule has 0 aliphatic carbocycles. The predicted molar refractivity (Wildman–Crippen MR) is 125 cm³/mol. The minimum Gasteiger partial charge on any atom is -0.410 e. The average Bonchev–Trinajstić information content (AvgIpc) is 2.74. The predicted octanol–water partition coefficient (Wildman–Crippen LogP) is 3.87. The van der Waals surface area contributed by atoms with E-state index in [9.17, 15) is 9.59 Å². The maximum atomic E-state index is 12.5. The number of ether oxygens (including phenoxy) is 1. The van der Waals surface area contributed by atoms with E-state index in [-0.39, 0.29) is 17.4 Å². The molecule has 1 saturated heterocycles. The Morgan fingerprint density at radius 3 is 2.34 bits per heavy atom. The Kier molecular flexibility index (Phi) is 7.85. The van der Waals surface area contributed by atoms with Crippen molar-refractivity contribution in [2.45, 2.75) is 40.7 Å². The zero-order chi connectivity index (χ0) is 23.1. The smallest absolute Gasteiger partial charge is 0.410 e. The topological polar surface area (TPSA) is 74.8 Å². The first kappa shape index (κ1) is 23.7. The van der Waals surface area contributed by atoms with Gasteiger partial charge in [0.25, 0.3) is 5.91 Å². The summed E-state index contributed by atoms with van der Waals surface area (Å²) in [7, 11) is 0. The number of aromatic nitrogens is 1. The summed E-state index contributed by atoms with van der Waals surface area (Å²) in [5.74, 6) is 0.318. The minimum atomic E-state index is -0.360. The van der Waals surface area contributed by atoms with Gasteiger partial charge in [0.05, 0.1) is 5.69 Å². The van der Waals surface area contributed by atoms with Crippen molar-refractivity contribution in [2.24, 2.45) is 5.41 Å². The molecule has 0 saturated carbocycles. The summed E-state index contributed by atoms with van der Waals surface area (Å²) in [6.07, 6.45) is 0.545. The van der Waals surface area contributed by atoms with Crippen LogP contribution >= 0.6 is 0 Å². The minimum absolute atomic E-state index is 0.119. The summed E-state index contributed by atoms with van der Waals surface area (Å²) >= 11 is 0. The Bertz CT molecular complexity index is 914. The van der Waals surface area contributed by atoms with Crippen LogP contribution in [-0.4, -0.2) is 59.5 Å². The van der Waals surface area contributed by atoms with Gasteiger partial charge in [-0.15, -0.1) is 0 Å². The number of rotatable bonds is 6. The summed E-state index contributed by atoms with van der Waals surface area (Å²) in [6.45, 7) is 12.6. The lowest BCUT2D eigenvalue weighted by Gasteiger charge is -2.33. The molecule has 0 atom stereocenters. The van der Waals surface area contributed by atoms with E-state index in [0.29, 0.717) is 30.9 Å². The summed E-state index contributed by atoms with van der Waals surface area (Å²) in [4.78, 5) is 33.3. The number of aryl methyl sites for hydroxylation is 1. The highest BCUT2D eigenvalue weighted by Crippen LogP contribution is 2.18. The number of piperazine rings is 1. The monoisotopic (exact) mass is 438 g/mol. The van der Waals surface area contributed by atoms with E-state index in [4.69, 9.17) is 4.74 Å². The fraction of sp³-hybridized carbons (Fsp3) is 0.480. The fourth-order valence-corrected chi connectivity index (χ4v) is 3.50. The third-order valence-corrected chi connectivity index (χ3v) is 5.44. The molecule has 0 unspecified atom stereocenters. The van der Waals surface area contributed by atoms with E-state index in [1.807, 2.05) is 25.1 Å². The maximum Gasteiger partial charge on any atom is 0.415 e. The molecule has 0 radical (unpaired) electrons. The van der Waals surface area contributed by atoms with Crippen molar-refractivity contribution >= 4 is 12.0 Å². The van der Waals surface area contributed by atoms with Crippen LogP contribution in [0.15, 0.2) is 42.5 Å². The highest BCUT2D eigenvalue weighted by atomic mass is 16.6. The van der Waals surface area contributed by atoms with Crippen molar-refractivity contribution in [3.63, 3.8) is 0 Å². The van der Waals surface area contributed by atoms with Crippen LogP contribution in [0, 0.1) is 12.3 Å². The van der Waals surface area contributed by atoms with E-state index in [0.717, 1.165) is 37.4 Å². The van der Waals surface area contributed by atoms with Crippen LogP contribution in [0.2, 0.25) is 0 Å². The van der Waals surface area contributed by atoms with Gasteiger partial charge in [0, 0.05) is 50.5 Å². The van der Waals surface area contributed by atoms with Gasteiger partial charge >= 0.3 is 6.09 Å². The SMILES string of the molecule is Cc1cccc(CN2CCN(C(=O)Oc3ccc(C(=O)NCCC(C)(C)C)cc3)CC2)n1. The van der Waals surface area contributed by atoms with Gasteiger partial charge in [-0.2, -0.15) is 0 Å². The molecule has 2 amide bonds.